The van der Waals surface area contributed by atoms with Gasteiger partial charge in [-0.2, -0.15) is 9.97 Å². The lowest BCUT2D eigenvalue weighted by Crippen LogP contribution is -2.32. The number of phosphoric acid groups is 2. The van der Waals surface area contributed by atoms with Gasteiger partial charge in [0.05, 0.1) is 25.9 Å². The second kappa shape index (κ2) is 10.5. The first-order valence-corrected chi connectivity index (χ1v) is 15.9. The number of hydrogen-bond acceptors (Lipinski definition) is 16. The smallest absolute Gasteiger partial charge is 0.369 e. The summed E-state index contributed by atoms with van der Waals surface area (Å²) in [7, 11) is -9.60. The van der Waals surface area contributed by atoms with Crippen LogP contribution in [-0.4, -0.2) is 86.5 Å². The fourth-order valence-electron chi connectivity index (χ4n) is 5.31. The summed E-state index contributed by atoms with van der Waals surface area (Å²) in [5, 5.41) is 0. The number of ether oxygens (including phenoxy) is 2. The van der Waals surface area contributed by atoms with Gasteiger partial charge in [-0.25, -0.2) is 19.1 Å². The predicted molar refractivity (Wildman–Crippen MR) is 143 cm³/mol. The maximum atomic E-state index is 13.0. The van der Waals surface area contributed by atoms with E-state index < -0.39 is 76.8 Å². The Morgan fingerprint density at radius 3 is 1.57 bits per heavy atom. The minimum absolute atomic E-state index is 0.0325. The van der Waals surface area contributed by atoms with Crippen LogP contribution >= 0.6 is 15.6 Å². The van der Waals surface area contributed by atoms with Crippen molar-refractivity contribution in [1.82, 2.24) is 39.0 Å². The second-order valence-electron chi connectivity index (χ2n) is 10.1. The number of nitrogens with one attached hydrogen (secondary N) is 2. The Balaban J connectivity index is 1.13. The highest BCUT2D eigenvalue weighted by atomic mass is 31.2. The first-order chi connectivity index (χ1) is 20.9. The van der Waals surface area contributed by atoms with Gasteiger partial charge >= 0.3 is 15.6 Å². The molecule has 24 heteroatoms. The number of phosphoric ester groups is 2. The zero-order valence-electron chi connectivity index (χ0n) is 22.2. The molecule has 236 valence electrons. The number of aromatic amines is 2. The van der Waals surface area contributed by atoms with Crippen LogP contribution in [0.4, 0.5) is 11.9 Å². The van der Waals surface area contributed by atoms with Gasteiger partial charge in [-0.3, -0.25) is 46.8 Å². The zero-order chi connectivity index (χ0) is 31.0. The minimum Gasteiger partial charge on any atom is -0.369 e. The average molecular weight is 658 g/mol. The van der Waals surface area contributed by atoms with Crippen LogP contribution in [0.15, 0.2) is 22.2 Å². The first-order valence-electron chi connectivity index (χ1n) is 12.9. The Labute approximate surface area is 243 Å². The van der Waals surface area contributed by atoms with Crippen LogP contribution < -0.4 is 22.6 Å². The molecule has 44 heavy (non-hydrogen) atoms. The molecular weight excluding hydrogens is 634 g/mol. The van der Waals surface area contributed by atoms with E-state index in [1.165, 1.54) is 21.8 Å². The van der Waals surface area contributed by atoms with E-state index in [0.717, 1.165) is 0 Å². The van der Waals surface area contributed by atoms with Gasteiger partial charge in [0, 0.05) is 12.8 Å². The maximum Gasteiger partial charge on any atom is 0.472 e. The Kier molecular flexibility index (Phi) is 6.97. The number of fused-ring (bicyclic) bond motifs is 4. The SMILES string of the molecule is Nc1nc2c(ncn2[C@H]2CC3OP(=O)(O)OC[C@H]4O[C@@H](n5cnc6c(=O)[nH]c(N)nc65)C[C@H]4OP(=O)(O)OC[C@H]3O2)c(=O)[nH]1. The number of hydrogen-bond donors (Lipinski definition) is 6. The number of rotatable bonds is 2. The van der Waals surface area contributed by atoms with Crippen LogP contribution in [0.1, 0.15) is 25.3 Å². The summed E-state index contributed by atoms with van der Waals surface area (Å²) in [6, 6.07) is 0. The lowest BCUT2D eigenvalue weighted by atomic mass is 10.2. The molecule has 3 unspecified atom stereocenters. The van der Waals surface area contributed by atoms with E-state index in [9.17, 15) is 28.5 Å². The van der Waals surface area contributed by atoms with Crippen molar-refractivity contribution in [3.8, 4) is 0 Å². The lowest BCUT2D eigenvalue weighted by Gasteiger charge is -2.26. The monoisotopic (exact) mass is 658 g/mol. The van der Waals surface area contributed by atoms with Gasteiger partial charge in [0.15, 0.2) is 22.3 Å². The molecule has 7 rings (SSSR count). The van der Waals surface area contributed by atoms with Gasteiger partial charge in [-0.05, 0) is 0 Å². The third-order valence-electron chi connectivity index (χ3n) is 7.22. The number of nitrogen functional groups attached to an aromatic ring is 2. The number of imidazole rings is 2. The van der Waals surface area contributed by atoms with Crippen molar-refractivity contribution in [2.75, 3.05) is 24.7 Å². The first kappa shape index (κ1) is 29.2. The van der Waals surface area contributed by atoms with E-state index in [1.807, 2.05) is 0 Å². The van der Waals surface area contributed by atoms with E-state index in [2.05, 4.69) is 29.9 Å². The molecule has 3 aliphatic heterocycles. The summed E-state index contributed by atoms with van der Waals surface area (Å²) in [6.07, 6.45) is -4.37. The molecule has 3 aliphatic rings. The molecule has 22 nitrogen and oxygen atoms in total. The largest absolute Gasteiger partial charge is 0.472 e. The van der Waals surface area contributed by atoms with Crippen LogP contribution in [0, 0.1) is 0 Å². The molecule has 4 aromatic rings. The average Bonchev–Trinajstić information content (AvgIpc) is 3.70. The number of nitrogens with zero attached hydrogens (tertiary/aromatic N) is 6. The van der Waals surface area contributed by atoms with Gasteiger partial charge in [0.25, 0.3) is 11.1 Å². The normalized spacial score (nSPS) is 34.9. The van der Waals surface area contributed by atoms with E-state index in [1.54, 1.807) is 0 Å². The molecule has 3 fully saturated rings. The molecule has 3 saturated heterocycles. The minimum atomic E-state index is -4.80. The van der Waals surface area contributed by atoms with Crippen molar-refractivity contribution in [2.24, 2.45) is 0 Å². The van der Waals surface area contributed by atoms with Crippen LogP contribution in [0.2, 0.25) is 0 Å². The molecule has 7 heterocycles. The molecule has 8 N–H and O–H groups in total. The van der Waals surface area contributed by atoms with E-state index in [-0.39, 0.29) is 47.1 Å². The fraction of sp³-hybridized carbons (Fsp3) is 0.500. The van der Waals surface area contributed by atoms with Crippen LogP contribution in [-0.2, 0) is 36.7 Å². The summed E-state index contributed by atoms with van der Waals surface area (Å²) < 4.78 is 61.9. The van der Waals surface area contributed by atoms with E-state index in [0.29, 0.717) is 0 Å². The summed E-state index contributed by atoms with van der Waals surface area (Å²) >= 11 is 0. The quantitative estimate of drug-likeness (QED) is 0.141. The highest BCUT2D eigenvalue weighted by molar-refractivity contribution is 7.47. The molecule has 0 aliphatic carbocycles. The highest BCUT2D eigenvalue weighted by Gasteiger charge is 2.47. The number of nitrogens with two attached hydrogens (primary N) is 2. The topological polar surface area (TPSA) is 309 Å². The Hall–Kier alpha value is -3.56. The molecule has 0 saturated carbocycles. The van der Waals surface area contributed by atoms with Gasteiger partial charge in [0.1, 0.15) is 36.9 Å². The fourth-order valence-corrected chi connectivity index (χ4v) is 7.23. The van der Waals surface area contributed by atoms with Crippen LogP contribution in [0.3, 0.4) is 0 Å². The van der Waals surface area contributed by atoms with Gasteiger partial charge in [-0.15, -0.1) is 0 Å². The Morgan fingerprint density at radius 2 is 1.16 bits per heavy atom. The van der Waals surface area contributed by atoms with Crippen LogP contribution in [0.5, 0.6) is 0 Å². The van der Waals surface area contributed by atoms with Gasteiger partial charge in [-0.1, -0.05) is 0 Å². The molecule has 0 spiro atoms. The second-order valence-corrected chi connectivity index (χ2v) is 12.9. The zero-order valence-corrected chi connectivity index (χ0v) is 23.9. The predicted octanol–water partition coefficient (Wildman–Crippen LogP) is -0.990. The van der Waals surface area contributed by atoms with Gasteiger partial charge in [0.2, 0.25) is 11.9 Å². The van der Waals surface area contributed by atoms with Crippen molar-refractivity contribution >= 4 is 49.9 Å². The Morgan fingerprint density at radius 1 is 0.750 bits per heavy atom. The molecule has 8 atom stereocenters. The molecule has 4 aromatic heterocycles. The molecule has 0 radical (unpaired) electrons. The number of H-pyrrole nitrogens is 2. The number of anilines is 2. The third-order valence-corrected chi connectivity index (χ3v) is 9.25. The Bertz CT molecular complexity index is 1840. The summed E-state index contributed by atoms with van der Waals surface area (Å²) in [5.41, 5.74) is 10.2. The summed E-state index contributed by atoms with van der Waals surface area (Å²) in [6.45, 7) is -1.23. The van der Waals surface area contributed by atoms with Crippen LogP contribution in [0.25, 0.3) is 22.3 Å². The van der Waals surface area contributed by atoms with Crippen molar-refractivity contribution in [3.63, 3.8) is 0 Å². The van der Waals surface area contributed by atoms with Crippen molar-refractivity contribution < 1.29 is 46.5 Å². The molecule has 0 aromatic carbocycles. The summed E-state index contributed by atoms with van der Waals surface area (Å²) in [4.78, 5) is 66.4. The van der Waals surface area contributed by atoms with Gasteiger partial charge < -0.3 is 30.7 Å². The van der Waals surface area contributed by atoms with Crippen molar-refractivity contribution in [2.45, 2.75) is 49.7 Å². The molecular formula is C20H24N10O12P2. The third kappa shape index (κ3) is 5.34. The van der Waals surface area contributed by atoms with E-state index in [4.69, 9.17) is 39.0 Å². The molecule has 0 amide bonds. The van der Waals surface area contributed by atoms with Crippen molar-refractivity contribution in [1.29, 1.82) is 0 Å². The highest BCUT2D eigenvalue weighted by Crippen LogP contribution is 2.53. The lowest BCUT2D eigenvalue weighted by molar-refractivity contribution is -0.0661. The van der Waals surface area contributed by atoms with E-state index >= 15 is 0 Å². The molecule has 0 bridgehead atoms. The number of aromatic nitrogens is 8. The summed E-state index contributed by atoms with van der Waals surface area (Å²) in [5.74, 6) is -0.351. The van der Waals surface area contributed by atoms with Crippen molar-refractivity contribution in [3.05, 3.63) is 33.4 Å². The standard InChI is InChI=1S/C20H24N10O12P2/c21-19-25-15-13(17(31)27-19)23-5-29(15)11-1-7-9(39-11)3-37-44(35,36)42-8-2-12(40-10(8)4-38-43(33,34)41-7)30-6-24-14-16(30)26-20(22)28-18(14)32/h5-12H,1-4H2,(H,33,34)(H,35,36)(H3,21,25,27,31)(H3,22,26,28,32)/t7-,8?,9-,10-,11-,12-/m1/s1. The maximum absolute atomic E-state index is 13.0.